The molecule has 20 heavy (non-hydrogen) atoms. The van der Waals surface area contributed by atoms with Crippen molar-refractivity contribution in [3.8, 4) is 0 Å². The highest BCUT2D eigenvalue weighted by molar-refractivity contribution is 7.91. The third kappa shape index (κ3) is 3.78. The second-order valence-electron chi connectivity index (χ2n) is 4.75. The summed E-state index contributed by atoms with van der Waals surface area (Å²) in [6, 6.07) is 1.25. The molecule has 0 radical (unpaired) electrons. The van der Waals surface area contributed by atoms with Crippen LogP contribution in [0.4, 0.5) is 0 Å². The van der Waals surface area contributed by atoms with Gasteiger partial charge in [0.2, 0.25) is 10.0 Å². The van der Waals surface area contributed by atoms with Crippen molar-refractivity contribution >= 4 is 27.3 Å². The van der Waals surface area contributed by atoms with Gasteiger partial charge >= 0.3 is 5.97 Å². The van der Waals surface area contributed by atoms with Crippen molar-refractivity contribution in [1.29, 1.82) is 0 Å². The van der Waals surface area contributed by atoms with E-state index in [4.69, 9.17) is 14.6 Å². The second-order valence-corrected chi connectivity index (χ2v) is 7.45. The molecule has 0 aliphatic heterocycles. The van der Waals surface area contributed by atoms with Crippen LogP contribution in [0.15, 0.2) is 15.7 Å². The van der Waals surface area contributed by atoms with Crippen LogP contribution in [0.25, 0.3) is 0 Å². The van der Waals surface area contributed by atoms with Crippen LogP contribution in [-0.2, 0) is 19.5 Å². The van der Waals surface area contributed by atoms with Crippen LogP contribution in [0, 0.1) is 0 Å². The highest BCUT2D eigenvalue weighted by Gasteiger charge is 2.26. The van der Waals surface area contributed by atoms with Gasteiger partial charge in [-0.25, -0.2) is 18.4 Å². The first-order valence-electron chi connectivity index (χ1n) is 6.25. The molecular weight excluding hydrogens is 302 g/mol. The Morgan fingerprint density at radius 1 is 1.40 bits per heavy atom. The molecule has 1 aliphatic rings. The molecule has 0 spiro atoms. The van der Waals surface area contributed by atoms with Gasteiger partial charge in [0.1, 0.15) is 10.3 Å². The summed E-state index contributed by atoms with van der Waals surface area (Å²) in [6.45, 7) is 0. The fourth-order valence-corrected chi connectivity index (χ4v) is 3.79. The summed E-state index contributed by atoms with van der Waals surface area (Å²) in [6.07, 6.45) is 3.33. The van der Waals surface area contributed by atoms with Gasteiger partial charge in [0.15, 0.2) is 0 Å². The molecule has 2 unspecified atom stereocenters. The quantitative estimate of drug-likeness (QED) is 0.849. The molecule has 2 rings (SSSR count). The zero-order chi connectivity index (χ0) is 14.8. The van der Waals surface area contributed by atoms with E-state index in [1.807, 2.05) is 0 Å². The Morgan fingerprint density at radius 3 is 2.70 bits per heavy atom. The number of hydrogen-bond donors (Lipinski definition) is 1. The van der Waals surface area contributed by atoms with Gasteiger partial charge in [-0.2, -0.15) is 0 Å². The highest BCUT2D eigenvalue weighted by atomic mass is 32.2. The lowest BCUT2D eigenvalue weighted by molar-refractivity contribution is -0.0149. The standard InChI is InChI=1S/C12H17NO5S2/c1-17-9-3-2-4-10(6-9)18-12(14)8-5-11(19-7-8)20(13,15)16/h5,7,9-10H,2-4,6H2,1H3,(H2,13,15,16). The minimum absolute atomic E-state index is 0.0390. The summed E-state index contributed by atoms with van der Waals surface area (Å²) >= 11 is 0.913. The first-order valence-corrected chi connectivity index (χ1v) is 8.68. The largest absolute Gasteiger partial charge is 0.459 e. The van der Waals surface area contributed by atoms with Crippen molar-refractivity contribution in [2.24, 2.45) is 5.14 Å². The Kier molecular flexibility index (Phi) is 4.79. The van der Waals surface area contributed by atoms with E-state index in [1.165, 1.54) is 11.4 Å². The third-order valence-electron chi connectivity index (χ3n) is 3.28. The van der Waals surface area contributed by atoms with Gasteiger partial charge in [-0.05, 0) is 25.3 Å². The molecule has 1 aromatic heterocycles. The van der Waals surface area contributed by atoms with Gasteiger partial charge in [0.05, 0.1) is 11.7 Å². The molecule has 0 saturated heterocycles. The molecule has 0 bridgehead atoms. The monoisotopic (exact) mass is 319 g/mol. The number of esters is 1. The van der Waals surface area contributed by atoms with E-state index in [1.54, 1.807) is 7.11 Å². The van der Waals surface area contributed by atoms with Crippen LogP contribution in [-0.4, -0.2) is 33.7 Å². The second kappa shape index (κ2) is 6.21. The topological polar surface area (TPSA) is 95.7 Å². The summed E-state index contributed by atoms with van der Waals surface area (Å²) < 4.78 is 32.9. The lowest BCUT2D eigenvalue weighted by Crippen LogP contribution is -2.29. The molecule has 1 fully saturated rings. The molecule has 0 amide bonds. The van der Waals surface area contributed by atoms with Gasteiger partial charge < -0.3 is 9.47 Å². The number of primary sulfonamides is 1. The first-order chi connectivity index (χ1) is 9.40. The Bertz CT molecular complexity index is 580. The number of nitrogens with two attached hydrogens (primary N) is 1. The van der Waals surface area contributed by atoms with Crippen LogP contribution in [0.2, 0.25) is 0 Å². The molecule has 0 aromatic carbocycles. The number of carbonyl (C=O) groups excluding carboxylic acids is 1. The SMILES string of the molecule is COC1CCCC(OC(=O)c2csc(S(N)(=O)=O)c2)C1. The lowest BCUT2D eigenvalue weighted by Gasteiger charge is -2.27. The molecule has 2 N–H and O–H groups in total. The van der Waals surface area contributed by atoms with Crippen molar-refractivity contribution in [2.75, 3.05) is 7.11 Å². The minimum atomic E-state index is -3.77. The van der Waals surface area contributed by atoms with Gasteiger partial charge in [0, 0.05) is 18.9 Å². The van der Waals surface area contributed by atoms with Crippen molar-refractivity contribution in [3.63, 3.8) is 0 Å². The van der Waals surface area contributed by atoms with Crippen LogP contribution in [0.1, 0.15) is 36.0 Å². The number of hydrogen-bond acceptors (Lipinski definition) is 6. The van der Waals surface area contributed by atoms with E-state index in [9.17, 15) is 13.2 Å². The Balaban J connectivity index is 2.00. The third-order valence-corrected chi connectivity index (χ3v) is 5.66. The minimum Gasteiger partial charge on any atom is -0.459 e. The van der Waals surface area contributed by atoms with Gasteiger partial charge in [-0.3, -0.25) is 0 Å². The zero-order valence-corrected chi connectivity index (χ0v) is 12.7. The number of ether oxygens (including phenoxy) is 2. The summed E-state index contributed by atoms with van der Waals surface area (Å²) in [5, 5.41) is 6.45. The van der Waals surface area contributed by atoms with Crippen LogP contribution >= 0.6 is 11.3 Å². The average molecular weight is 319 g/mol. The van der Waals surface area contributed by atoms with E-state index in [2.05, 4.69) is 0 Å². The maximum atomic E-state index is 12.0. The molecule has 8 heteroatoms. The number of carbonyl (C=O) groups is 1. The Labute approximate surface area is 121 Å². The van der Waals surface area contributed by atoms with Gasteiger partial charge in [0.25, 0.3) is 0 Å². The number of rotatable bonds is 4. The van der Waals surface area contributed by atoms with Crippen molar-refractivity contribution in [1.82, 2.24) is 0 Å². The maximum absolute atomic E-state index is 12.0. The van der Waals surface area contributed by atoms with Gasteiger partial charge in [-0.15, -0.1) is 11.3 Å². The summed E-state index contributed by atoms with van der Waals surface area (Å²) in [5.41, 5.74) is 0.221. The molecule has 112 valence electrons. The fourth-order valence-electron chi connectivity index (χ4n) is 2.22. The van der Waals surface area contributed by atoms with Crippen LogP contribution in [0.3, 0.4) is 0 Å². The molecule has 1 saturated carbocycles. The molecule has 1 heterocycles. The van der Waals surface area contributed by atoms with E-state index in [-0.39, 0.29) is 22.0 Å². The average Bonchev–Trinajstić information content (AvgIpc) is 2.88. The van der Waals surface area contributed by atoms with Crippen molar-refractivity contribution in [3.05, 3.63) is 17.0 Å². The maximum Gasteiger partial charge on any atom is 0.339 e. The molecule has 1 aromatic rings. The molecule has 6 nitrogen and oxygen atoms in total. The summed E-state index contributed by atoms with van der Waals surface area (Å²) in [5.74, 6) is -0.516. The number of sulfonamides is 1. The van der Waals surface area contributed by atoms with Crippen molar-refractivity contribution in [2.45, 2.75) is 42.1 Å². The van der Waals surface area contributed by atoms with E-state index < -0.39 is 16.0 Å². The normalized spacial score (nSPS) is 23.5. The Morgan fingerprint density at radius 2 is 2.10 bits per heavy atom. The summed E-state index contributed by atoms with van der Waals surface area (Å²) in [4.78, 5) is 12.0. The number of methoxy groups -OCH3 is 1. The highest BCUT2D eigenvalue weighted by Crippen LogP contribution is 2.25. The predicted molar refractivity (Wildman–Crippen MR) is 74.2 cm³/mol. The predicted octanol–water partition coefficient (Wildman–Crippen LogP) is 1.51. The van der Waals surface area contributed by atoms with Gasteiger partial charge in [-0.1, -0.05) is 0 Å². The van der Waals surface area contributed by atoms with E-state index in [0.29, 0.717) is 6.42 Å². The van der Waals surface area contributed by atoms with Crippen LogP contribution < -0.4 is 5.14 Å². The smallest absolute Gasteiger partial charge is 0.339 e. The Hall–Kier alpha value is -0.960. The zero-order valence-electron chi connectivity index (χ0n) is 11.1. The first kappa shape index (κ1) is 15.4. The number of thiophene rings is 1. The van der Waals surface area contributed by atoms with Crippen LogP contribution in [0.5, 0.6) is 0 Å². The van der Waals surface area contributed by atoms with E-state index in [0.717, 1.165) is 30.6 Å². The molecule has 1 aliphatic carbocycles. The fraction of sp³-hybridized carbons (Fsp3) is 0.583. The van der Waals surface area contributed by atoms with Crippen molar-refractivity contribution < 1.29 is 22.7 Å². The molecular formula is C12H17NO5S2. The lowest BCUT2D eigenvalue weighted by atomic mass is 9.95. The summed E-state index contributed by atoms with van der Waals surface area (Å²) in [7, 11) is -2.13. The van der Waals surface area contributed by atoms with E-state index >= 15 is 0 Å². The molecule has 2 atom stereocenters.